The third-order valence-corrected chi connectivity index (χ3v) is 5.15. The fourth-order valence-electron chi connectivity index (χ4n) is 1.88. The lowest BCUT2D eigenvalue weighted by atomic mass is 10.1. The monoisotopic (exact) mass is 311 g/mol. The summed E-state index contributed by atoms with van der Waals surface area (Å²) in [4.78, 5) is 10.8. The van der Waals surface area contributed by atoms with Crippen molar-refractivity contribution < 1.29 is 18.3 Å². The lowest BCUT2D eigenvalue weighted by Gasteiger charge is -2.13. The number of aliphatic carboxylic acids is 1. The molecule has 106 valence electrons. The normalized spacial score (nSPS) is 13.3. The summed E-state index contributed by atoms with van der Waals surface area (Å²) < 4.78 is 24.3. The van der Waals surface area contributed by atoms with Gasteiger partial charge < -0.3 is 9.90 Å². The number of sulfone groups is 1. The van der Waals surface area contributed by atoms with Crippen molar-refractivity contribution in [3.05, 3.63) is 41.4 Å². The molecule has 2 rings (SSSR count). The molecule has 0 amide bonds. The number of carbonyl (C=O) groups is 1. The van der Waals surface area contributed by atoms with Gasteiger partial charge in [0.25, 0.3) is 0 Å². The van der Waals surface area contributed by atoms with Crippen molar-refractivity contribution in [1.29, 1.82) is 0 Å². The van der Waals surface area contributed by atoms with E-state index in [1.54, 1.807) is 24.3 Å². The Morgan fingerprint density at radius 3 is 2.45 bits per heavy atom. The van der Waals surface area contributed by atoms with E-state index in [0.29, 0.717) is 5.02 Å². The molecule has 0 aliphatic heterocycles. The van der Waals surface area contributed by atoms with E-state index in [9.17, 15) is 18.3 Å². The highest BCUT2D eigenvalue weighted by atomic mass is 35.5. The van der Waals surface area contributed by atoms with Crippen LogP contribution in [0, 0.1) is 5.92 Å². The zero-order valence-electron chi connectivity index (χ0n) is 10.7. The first-order valence-corrected chi connectivity index (χ1v) is 7.95. The van der Waals surface area contributed by atoms with Crippen molar-refractivity contribution in [2.24, 2.45) is 5.92 Å². The number of halogens is 1. The predicted molar refractivity (Wildman–Crippen MR) is 75.2 cm³/mol. The van der Waals surface area contributed by atoms with Gasteiger partial charge in [0.1, 0.15) is 0 Å². The summed E-state index contributed by atoms with van der Waals surface area (Å²) in [6.45, 7) is 1.31. The molecule has 0 bridgehead atoms. The van der Waals surface area contributed by atoms with Crippen LogP contribution in [-0.2, 0) is 14.6 Å². The number of hydrogen-bond acceptors (Lipinski definition) is 4. The number of carbonyl (C=O) groups excluding carboxylic acids is 1. The minimum absolute atomic E-state index is 0.0976. The van der Waals surface area contributed by atoms with Crippen molar-refractivity contribution in [2.45, 2.75) is 11.8 Å². The molecule has 2 aromatic carbocycles. The van der Waals surface area contributed by atoms with E-state index in [1.807, 2.05) is 0 Å². The number of fused-ring (bicyclic) bond motifs is 1. The third-order valence-electron chi connectivity index (χ3n) is 3.00. The van der Waals surface area contributed by atoms with E-state index < -0.39 is 27.5 Å². The summed E-state index contributed by atoms with van der Waals surface area (Å²) in [5.74, 6) is -2.91. The molecule has 6 heteroatoms. The standard InChI is InChI=1S/C14H13ClO4S/c1-9(14(16)17)8-20(18,19)13-5-3-10-6-12(15)4-2-11(10)7-13/h2-7,9H,8H2,1H3,(H,16,17)/p-1. The van der Waals surface area contributed by atoms with Gasteiger partial charge in [0.15, 0.2) is 9.84 Å². The Labute approximate surface area is 121 Å². The summed E-state index contributed by atoms with van der Waals surface area (Å²) in [6.07, 6.45) is 0. The first kappa shape index (κ1) is 14.8. The van der Waals surface area contributed by atoms with Gasteiger partial charge in [-0.05, 0) is 35.0 Å². The molecule has 4 nitrogen and oxygen atoms in total. The molecule has 1 atom stereocenters. The van der Waals surface area contributed by atoms with Gasteiger partial charge >= 0.3 is 0 Å². The summed E-state index contributed by atoms with van der Waals surface area (Å²) in [6, 6.07) is 9.75. The smallest absolute Gasteiger partial charge is 0.179 e. The summed E-state index contributed by atoms with van der Waals surface area (Å²) in [5, 5.41) is 12.8. The van der Waals surface area contributed by atoms with Crippen molar-refractivity contribution in [2.75, 3.05) is 5.75 Å². The molecule has 20 heavy (non-hydrogen) atoms. The molecule has 0 heterocycles. The van der Waals surface area contributed by atoms with Gasteiger partial charge in [-0.2, -0.15) is 0 Å². The van der Waals surface area contributed by atoms with Gasteiger partial charge in [-0.1, -0.05) is 30.7 Å². The number of benzene rings is 2. The maximum absolute atomic E-state index is 12.1. The quantitative estimate of drug-likeness (QED) is 0.860. The van der Waals surface area contributed by atoms with E-state index in [0.717, 1.165) is 10.8 Å². The first-order valence-electron chi connectivity index (χ1n) is 5.92. The van der Waals surface area contributed by atoms with Crippen LogP contribution in [0.2, 0.25) is 5.02 Å². The fraction of sp³-hybridized carbons (Fsp3) is 0.214. The SMILES string of the molecule is CC(CS(=O)(=O)c1ccc2cc(Cl)ccc2c1)C(=O)[O-]. The molecule has 0 saturated heterocycles. The average Bonchev–Trinajstić information content (AvgIpc) is 2.37. The molecule has 0 aliphatic carbocycles. The molecule has 2 aromatic rings. The molecule has 0 aliphatic rings. The fourth-order valence-corrected chi connectivity index (χ4v) is 3.63. The van der Waals surface area contributed by atoms with Crippen LogP contribution in [0.15, 0.2) is 41.3 Å². The molecule has 0 saturated carbocycles. The van der Waals surface area contributed by atoms with Gasteiger partial charge in [0.2, 0.25) is 0 Å². The Kier molecular flexibility index (Phi) is 4.01. The van der Waals surface area contributed by atoms with Crippen molar-refractivity contribution >= 4 is 38.2 Å². The largest absolute Gasteiger partial charge is 0.550 e. The summed E-state index contributed by atoms with van der Waals surface area (Å²) in [7, 11) is -3.66. The van der Waals surface area contributed by atoms with Gasteiger partial charge in [0, 0.05) is 16.9 Å². The number of carboxylic acids is 1. The predicted octanol–water partition coefficient (Wildman–Crippen LogP) is 1.65. The second-order valence-electron chi connectivity index (χ2n) is 4.65. The Balaban J connectivity index is 2.42. The Hall–Kier alpha value is -1.59. The maximum Gasteiger partial charge on any atom is 0.179 e. The summed E-state index contributed by atoms with van der Waals surface area (Å²) in [5.41, 5.74) is 0. The molecule has 0 fully saturated rings. The highest BCUT2D eigenvalue weighted by Gasteiger charge is 2.19. The van der Waals surface area contributed by atoms with Crippen LogP contribution >= 0.6 is 11.6 Å². The summed E-state index contributed by atoms with van der Waals surface area (Å²) >= 11 is 5.86. The Morgan fingerprint density at radius 2 is 1.80 bits per heavy atom. The minimum atomic E-state index is -3.66. The molecular formula is C14H12ClO4S-. The molecular weight excluding hydrogens is 300 g/mol. The van der Waals surface area contributed by atoms with Crippen LogP contribution in [-0.4, -0.2) is 20.1 Å². The van der Waals surface area contributed by atoms with Crippen LogP contribution in [0.4, 0.5) is 0 Å². The maximum atomic E-state index is 12.1. The van der Waals surface area contributed by atoms with E-state index >= 15 is 0 Å². The van der Waals surface area contributed by atoms with Gasteiger partial charge in [-0.3, -0.25) is 0 Å². The van der Waals surface area contributed by atoms with Crippen molar-refractivity contribution in [3.63, 3.8) is 0 Å². The minimum Gasteiger partial charge on any atom is -0.550 e. The highest BCUT2D eigenvalue weighted by molar-refractivity contribution is 7.91. The second kappa shape index (κ2) is 5.42. The highest BCUT2D eigenvalue weighted by Crippen LogP contribution is 2.23. The van der Waals surface area contributed by atoms with Gasteiger partial charge in [-0.25, -0.2) is 8.42 Å². The van der Waals surface area contributed by atoms with Crippen LogP contribution in [0.5, 0.6) is 0 Å². The molecule has 0 radical (unpaired) electrons. The van der Waals surface area contributed by atoms with E-state index in [4.69, 9.17) is 11.6 Å². The van der Waals surface area contributed by atoms with Crippen molar-refractivity contribution in [3.8, 4) is 0 Å². The van der Waals surface area contributed by atoms with Crippen LogP contribution in [0.1, 0.15) is 6.92 Å². The number of rotatable bonds is 4. The first-order chi connectivity index (χ1) is 9.29. The Morgan fingerprint density at radius 1 is 1.20 bits per heavy atom. The van der Waals surface area contributed by atoms with E-state index in [1.165, 1.54) is 19.1 Å². The molecule has 0 aromatic heterocycles. The Bertz CT molecular complexity index is 768. The zero-order valence-corrected chi connectivity index (χ0v) is 12.2. The number of hydrogen-bond donors (Lipinski definition) is 0. The zero-order chi connectivity index (χ0) is 14.9. The van der Waals surface area contributed by atoms with Crippen LogP contribution < -0.4 is 5.11 Å². The van der Waals surface area contributed by atoms with Gasteiger partial charge in [0.05, 0.1) is 10.6 Å². The molecule has 1 unspecified atom stereocenters. The van der Waals surface area contributed by atoms with Gasteiger partial charge in [-0.15, -0.1) is 0 Å². The van der Waals surface area contributed by atoms with Crippen molar-refractivity contribution in [1.82, 2.24) is 0 Å². The lowest BCUT2D eigenvalue weighted by Crippen LogP contribution is -2.33. The lowest BCUT2D eigenvalue weighted by molar-refractivity contribution is -0.310. The molecule has 0 spiro atoms. The van der Waals surface area contributed by atoms with Crippen LogP contribution in [0.3, 0.4) is 0 Å². The van der Waals surface area contributed by atoms with E-state index in [2.05, 4.69) is 0 Å². The molecule has 0 N–H and O–H groups in total. The van der Waals surface area contributed by atoms with Crippen LogP contribution in [0.25, 0.3) is 10.8 Å². The second-order valence-corrected chi connectivity index (χ2v) is 7.13. The third kappa shape index (κ3) is 3.11. The average molecular weight is 312 g/mol. The topological polar surface area (TPSA) is 74.3 Å². The van der Waals surface area contributed by atoms with E-state index in [-0.39, 0.29) is 4.90 Å². The number of carboxylic acid groups (broad SMARTS) is 1.